The Morgan fingerprint density at radius 1 is 1.35 bits per heavy atom. The molecule has 1 amide bonds. The van der Waals surface area contributed by atoms with Gasteiger partial charge in [-0.2, -0.15) is 4.68 Å². The number of aromatic nitrogens is 2. The molecular formula is C15H12ClN3O3S. The molecule has 0 bridgehead atoms. The average molecular weight is 350 g/mol. The minimum atomic E-state index is -0.580. The standard InChI is InChI=1S/C15H12ClN3O3S/c16-10-3-1-4-11(9-10)17-13(20)6-7-19-15(21)22-14(18-19)12-5-2-8-23-12/h1-5,8-9H,6-7H2,(H,17,20). The van der Waals surface area contributed by atoms with E-state index in [1.54, 1.807) is 24.3 Å². The number of nitrogens with one attached hydrogen (secondary N) is 1. The summed E-state index contributed by atoms with van der Waals surface area (Å²) >= 11 is 7.28. The molecule has 1 N–H and O–H groups in total. The van der Waals surface area contributed by atoms with Crippen LogP contribution in [0.1, 0.15) is 6.42 Å². The highest BCUT2D eigenvalue weighted by molar-refractivity contribution is 7.13. The molecule has 2 aromatic heterocycles. The van der Waals surface area contributed by atoms with E-state index >= 15 is 0 Å². The minimum absolute atomic E-state index is 0.100. The number of hydrogen-bond donors (Lipinski definition) is 1. The van der Waals surface area contributed by atoms with Crippen molar-refractivity contribution in [3.63, 3.8) is 0 Å². The van der Waals surface area contributed by atoms with E-state index in [9.17, 15) is 9.59 Å². The maximum Gasteiger partial charge on any atom is 0.437 e. The number of halogens is 1. The summed E-state index contributed by atoms with van der Waals surface area (Å²) in [5.41, 5.74) is 0.606. The lowest BCUT2D eigenvalue weighted by Gasteiger charge is -2.04. The van der Waals surface area contributed by atoms with Gasteiger partial charge in [-0.15, -0.1) is 16.4 Å². The molecule has 0 saturated heterocycles. The van der Waals surface area contributed by atoms with Gasteiger partial charge in [-0.25, -0.2) is 4.79 Å². The zero-order chi connectivity index (χ0) is 16.2. The van der Waals surface area contributed by atoms with Crippen molar-refractivity contribution in [2.24, 2.45) is 0 Å². The van der Waals surface area contributed by atoms with Crippen LogP contribution in [0, 0.1) is 0 Å². The van der Waals surface area contributed by atoms with Crippen LogP contribution in [0.2, 0.25) is 5.02 Å². The lowest BCUT2D eigenvalue weighted by molar-refractivity contribution is -0.116. The van der Waals surface area contributed by atoms with E-state index in [1.165, 1.54) is 11.3 Å². The van der Waals surface area contributed by atoms with E-state index in [-0.39, 0.29) is 24.8 Å². The molecule has 23 heavy (non-hydrogen) atoms. The van der Waals surface area contributed by atoms with Gasteiger partial charge in [-0.1, -0.05) is 23.7 Å². The second kappa shape index (κ2) is 6.80. The topological polar surface area (TPSA) is 77.1 Å². The van der Waals surface area contributed by atoms with Gasteiger partial charge in [0.05, 0.1) is 11.4 Å². The molecular weight excluding hydrogens is 338 g/mol. The van der Waals surface area contributed by atoms with E-state index in [0.29, 0.717) is 10.7 Å². The van der Waals surface area contributed by atoms with Crippen molar-refractivity contribution in [1.29, 1.82) is 0 Å². The number of amides is 1. The highest BCUT2D eigenvalue weighted by Crippen LogP contribution is 2.21. The molecule has 0 saturated carbocycles. The van der Waals surface area contributed by atoms with Crippen LogP contribution in [-0.4, -0.2) is 15.7 Å². The normalized spacial score (nSPS) is 10.7. The van der Waals surface area contributed by atoms with Crippen molar-refractivity contribution in [3.05, 3.63) is 57.4 Å². The fourth-order valence-electron chi connectivity index (χ4n) is 1.94. The number of anilines is 1. The SMILES string of the molecule is O=C(CCn1nc(-c2cccs2)oc1=O)Nc1cccc(Cl)c1. The first-order valence-electron chi connectivity index (χ1n) is 6.79. The number of thiophene rings is 1. The molecule has 3 aromatic rings. The van der Waals surface area contributed by atoms with Crippen LogP contribution in [0.15, 0.2) is 51.0 Å². The van der Waals surface area contributed by atoms with Crippen molar-refractivity contribution in [3.8, 4) is 10.8 Å². The monoisotopic (exact) mass is 349 g/mol. The third kappa shape index (κ3) is 3.88. The molecule has 0 unspecified atom stereocenters. The van der Waals surface area contributed by atoms with Crippen molar-refractivity contribution in [1.82, 2.24) is 9.78 Å². The van der Waals surface area contributed by atoms with Gasteiger partial charge in [-0.05, 0) is 29.6 Å². The third-order valence-electron chi connectivity index (χ3n) is 3.00. The van der Waals surface area contributed by atoms with E-state index in [1.807, 2.05) is 17.5 Å². The fourth-order valence-corrected chi connectivity index (χ4v) is 2.78. The van der Waals surface area contributed by atoms with Crippen LogP contribution in [0.3, 0.4) is 0 Å². The van der Waals surface area contributed by atoms with Crippen molar-refractivity contribution in [2.75, 3.05) is 5.32 Å². The number of carbonyl (C=O) groups is 1. The summed E-state index contributed by atoms with van der Waals surface area (Å²) in [5, 5.41) is 9.21. The molecule has 0 atom stereocenters. The van der Waals surface area contributed by atoms with E-state index in [2.05, 4.69) is 10.4 Å². The Morgan fingerprint density at radius 2 is 2.22 bits per heavy atom. The average Bonchev–Trinajstić information content (AvgIpc) is 3.14. The van der Waals surface area contributed by atoms with E-state index in [0.717, 1.165) is 9.56 Å². The Balaban J connectivity index is 1.62. The van der Waals surface area contributed by atoms with Gasteiger partial charge in [0.15, 0.2) is 0 Å². The van der Waals surface area contributed by atoms with Crippen LogP contribution in [0.5, 0.6) is 0 Å². The number of rotatable bonds is 5. The van der Waals surface area contributed by atoms with Crippen LogP contribution in [0.4, 0.5) is 5.69 Å². The Labute approximate surface area is 140 Å². The molecule has 2 heterocycles. The molecule has 0 aliphatic heterocycles. The highest BCUT2D eigenvalue weighted by Gasteiger charge is 2.12. The molecule has 0 spiro atoms. The Morgan fingerprint density at radius 3 is 2.96 bits per heavy atom. The second-order valence-electron chi connectivity index (χ2n) is 4.68. The number of benzene rings is 1. The van der Waals surface area contributed by atoms with Gasteiger partial charge in [0.1, 0.15) is 0 Å². The predicted molar refractivity (Wildman–Crippen MR) is 88.8 cm³/mol. The summed E-state index contributed by atoms with van der Waals surface area (Å²) in [7, 11) is 0. The summed E-state index contributed by atoms with van der Waals surface area (Å²) in [6.45, 7) is 0.139. The summed E-state index contributed by atoms with van der Waals surface area (Å²) in [4.78, 5) is 24.4. The van der Waals surface area contributed by atoms with Gasteiger partial charge in [-0.3, -0.25) is 4.79 Å². The molecule has 1 aromatic carbocycles. The summed E-state index contributed by atoms with van der Waals surface area (Å²) in [6, 6.07) is 10.5. The van der Waals surface area contributed by atoms with Crippen molar-refractivity contribution >= 4 is 34.5 Å². The van der Waals surface area contributed by atoms with E-state index in [4.69, 9.17) is 16.0 Å². The largest absolute Gasteiger partial charge is 0.437 e. The molecule has 0 aliphatic carbocycles. The fraction of sp³-hybridized carbons (Fsp3) is 0.133. The van der Waals surface area contributed by atoms with Gasteiger partial charge in [0.25, 0.3) is 5.89 Å². The van der Waals surface area contributed by atoms with E-state index < -0.39 is 5.76 Å². The number of carbonyl (C=O) groups excluding carboxylic acids is 1. The predicted octanol–water partition coefficient (Wildman–Crippen LogP) is 3.25. The Kier molecular flexibility index (Phi) is 4.59. The van der Waals surface area contributed by atoms with Gasteiger partial charge < -0.3 is 9.73 Å². The van der Waals surface area contributed by atoms with Crippen LogP contribution in [0.25, 0.3) is 10.8 Å². The minimum Gasteiger partial charge on any atom is -0.387 e. The van der Waals surface area contributed by atoms with Crippen molar-refractivity contribution < 1.29 is 9.21 Å². The molecule has 0 aliphatic rings. The summed E-state index contributed by atoms with van der Waals surface area (Å²) in [5.74, 6) is -0.552. The van der Waals surface area contributed by atoms with Gasteiger partial charge in [0.2, 0.25) is 5.91 Å². The van der Waals surface area contributed by atoms with Crippen LogP contribution >= 0.6 is 22.9 Å². The smallest absolute Gasteiger partial charge is 0.387 e. The Bertz CT molecular complexity index is 870. The first kappa shape index (κ1) is 15.5. The van der Waals surface area contributed by atoms with Crippen molar-refractivity contribution in [2.45, 2.75) is 13.0 Å². The van der Waals surface area contributed by atoms with Gasteiger partial charge >= 0.3 is 5.76 Å². The Hall–Kier alpha value is -2.38. The quantitative estimate of drug-likeness (QED) is 0.767. The lowest BCUT2D eigenvalue weighted by Crippen LogP contribution is -2.20. The maximum atomic E-state index is 11.9. The maximum absolute atomic E-state index is 11.9. The molecule has 0 fully saturated rings. The third-order valence-corrected chi connectivity index (χ3v) is 4.09. The molecule has 3 rings (SSSR count). The first-order chi connectivity index (χ1) is 11.1. The number of aryl methyl sites for hydroxylation is 1. The summed E-state index contributed by atoms with van der Waals surface area (Å²) in [6.07, 6.45) is 0.100. The molecule has 8 heteroatoms. The molecule has 0 radical (unpaired) electrons. The zero-order valence-electron chi connectivity index (χ0n) is 11.9. The number of nitrogens with zero attached hydrogens (tertiary/aromatic N) is 2. The highest BCUT2D eigenvalue weighted by atomic mass is 35.5. The first-order valence-corrected chi connectivity index (χ1v) is 8.05. The summed E-state index contributed by atoms with van der Waals surface area (Å²) < 4.78 is 6.23. The number of hydrogen-bond acceptors (Lipinski definition) is 5. The van der Waals surface area contributed by atoms with Gasteiger partial charge in [0, 0.05) is 17.1 Å². The lowest BCUT2D eigenvalue weighted by atomic mass is 10.3. The van der Waals surface area contributed by atoms with Crippen LogP contribution in [-0.2, 0) is 11.3 Å². The zero-order valence-corrected chi connectivity index (χ0v) is 13.4. The molecule has 118 valence electrons. The second-order valence-corrected chi connectivity index (χ2v) is 6.07. The van der Waals surface area contributed by atoms with Crippen LogP contribution < -0.4 is 11.1 Å². The molecule has 6 nitrogen and oxygen atoms in total.